The van der Waals surface area contributed by atoms with E-state index in [1.54, 1.807) is 12.1 Å². The summed E-state index contributed by atoms with van der Waals surface area (Å²) in [7, 11) is 0. The van der Waals surface area contributed by atoms with Crippen LogP contribution in [0.15, 0.2) is 42.5 Å². The van der Waals surface area contributed by atoms with Gasteiger partial charge in [-0.3, -0.25) is 0 Å². The highest BCUT2D eigenvalue weighted by atomic mass is 35.5. The van der Waals surface area contributed by atoms with Gasteiger partial charge in [0.25, 0.3) is 0 Å². The van der Waals surface area contributed by atoms with Crippen LogP contribution in [0.1, 0.15) is 30.9 Å². The molecule has 100 valence electrons. The number of halogens is 2. The fourth-order valence-corrected chi connectivity index (χ4v) is 1.94. The highest BCUT2D eigenvalue weighted by molar-refractivity contribution is 6.17. The van der Waals surface area contributed by atoms with Gasteiger partial charge < -0.3 is 4.74 Å². The molecule has 2 aromatic rings. The Balaban J connectivity index is 2.23. The van der Waals surface area contributed by atoms with Crippen LogP contribution < -0.4 is 4.74 Å². The molecule has 0 spiro atoms. The molecule has 2 rings (SSSR count). The zero-order valence-electron chi connectivity index (χ0n) is 11.0. The number of hydrogen-bond acceptors (Lipinski definition) is 1. The summed E-state index contributed by atoms with van der Waals surface area (Å²) in [5, 5.41) is 0. The summed E-state index contributed by atoms with van der Waals surface area (Å²) >= 11 is 5.66. The first kappa shape index (κ1) is 13.9. The Morgan fingerprint density at radius 1 is 1.16 bits per heavy atom. The number of ether oxygens (including phenoxy) is 1. The molecule has 0 N–H and O–H groups in total. The Labute approximate surface area is 118 Å². The van der Waals surface area contributed by atoms with Gasteiger partial charge >= 0.3 is 0 Å². The second-order valence-electron chi connectivity index (χ2n) is 4.73. The molecule has 0 fully saturated rings. The van der Waals surface area contributed by atoms with Crippen LogP contribution in [0.25, 0.3) is 0 Å². The fourth-order valence-electron chi connectivity index (χ4n) is 1.77. The predicted molar refractivity (Wildman–Crippen MR) is 76.6 cm³/mol. The van der Waals surface area contributed by atoms with E-state index in [0.29, 0.717) is 17.5 Å². The number of benzene rings is 2. The lowest BCUT2D eigenvalue weighted by Gasteiger charge is -2.10. The SMILES string of the molecule is CC(C)c1cccc(Oc2ccc(CCl)cc2F)c1. The average molecular weight is 279 g/mol. The third kappa shape index (κ3) is 3.48. The summed E-state index contributed by atoms with van der Waals surface area (Å²) in [6.07, 6.45) is 0. The number of hydrogen-bond donors (Lipinski definition) is 0. The molecule has 0 aliphatic heterocycles. The van der Waals surface area contributed by atoms with Crippen molar-refractivity contribution in [1.29, 1.82) is 0 Å². The largest absolute Gasteiger partial charge is 0.454 e. The molecule has 0 aromatic heterocycles. The standard InChI is InChI=1S/C16H16ClFO/c1-11(2)13-4-3-5-14(9-13)19-16-7-6-12(10-17)8-15(16)18/h3-9,11H,10H2,1-2H3. The molecule has 19 heavy (non-hydrogen) atoms. The molecule has 3 heteroatoms. The van der Waals surface area contributed by atoms with Crippen molar-refractivity contribution in [2.45, 2.75) is 25.6 Å². The van der Waals surface area contributed by atoms with Crippen molar-refractivity contribution in [2.75, 3.05) is 0 Å². The van der Waals surface area contributed by atoms with Gasteiger partial charge in [0.15, 0.2) is 11.6 Å². The van der Waals surface area contributed by atoms with E-state index in [2.05, 4.69) is 13.8 Å². The smallest absolute Gasteiger partial charge is 0.166 e. The van der Waals surface area contributed by atoms with E-state index in [1.165, 1.54) is 6.07 Å². The maximum Gasteiger partial charge on any atom is 0.166 e. The number of rotatable bonds is 4. The monoisotopic (exact) mass is 278 g/mol. The lowest BCUT2D eigenvalue weighted by molar-refractivity contribution is 0.441. The summed E-state index contributed by atoms with van der Waals surface area (Å²) in [6, 6.07) is 12.5. The van der Waals surface area contributed by atoms with Gasteiger partial charge in [0, 0.05) is 5.88 Å². The average Bonchev–Trinajstić information content (AvgIpc) is 2.41. The van der Waals surface area contributed by atoms with E-state index in [0.717, 1.165) is 11.1 Å². The molecule has 0 amide bonds. The maximum atomic E-state index is 13.8. The van der Waals surface area contributed by atoms with E-state index in [1.807, 2.05) is 24.3 Å². The van der Waals surface area contributed by atoms with Crippen molar-refractivity contribution in [3.63, 3.8) is 0 Å². The summed E-state index contributed by atoms with van der Waals surface area (Å²) in [4.78, 5) is 0. The van der Waals surface area contributed by atoms with Gasteiger partial charge in [-0.25, -0.2) is 4.39 Å². The van der Waals surface area contributed by atoms with Crippen LogP contribution in [0, 0.1) is 5.82 Å². The Morgan fingerprint density at radius 2 is 1.95 bits per heavy atom. The van der Waals surface area contributed by atoms with E-state index >= 15 is 0 Å². The predicted octanol–water partition coefficient (Wildman–Crippen LogP) is 5.48. The number of alkyl halides is 1. The topological polar surface area (TPSA) is 9.23 Å². The van der Waals surface area contributed by atoms with Gasteiger partial charge in [-0.2, -0.15) is 0 Å². The zero-order valence-corrected chi connectivity index (χ0v) is 11.7. The molecule has 0 saturated heterocycles. The molecule has 0 atom stereocenters. The van der Waals surface area contributed by atoms with E-state index in [4.69, 9.17) is 16.3 Å². The minimum absolute atomic E-state index is 0.217. The van der Waals surface area contributed by atoms with Gasteiger partial charge in [0.05, 0.1) is 0 Å². The third-order valence-corrected chi connectivity index (χ3v) is 3.21. The van der Waals surface area contributed by atoms with E-state index in [9.17, 15) is 4.39 Å². The van der Waals surface area contributed by atoms with Gasteiger partial charge in [-0.1, -0.05) is 32.0 Å². The van der Waals surface area contributed by atoms with Crippen LogP contribution in [0.3, 0.4) is 0 Å². The van der Waals surface area contributed by atoms with Crippen molar-refractivity contribution in [3.05, 3.63) is 59.4 Å². The van der Waals surface area contributed by atoms with Crippen LogP contribution in [0.2, 0.25) is 0 Å². The molecule has 0 bridgehead atoms. The van der Waals surface area contributed by atoms with E-state index < -0.39 is 5.82 Å². The minimum Gasteiger partial charge on any atom is -0.454 e. The maximum absolute atomic E-state index is 13.8. The van der Waals surface area contributed by atoms with Gasteiger partial charge in [-0.15, -0.1) is 11.6 Å². The van der Waals surface area contributed by atoms with Crippen LogP contribution in [-0.2, 0) is 5.88 Å². The Bertz CT molecular complexity index is 566. The first-order valence-corrected chi connectivity index (χ1v) is 6.76. The van der Waals surface area contributed by atoms with Crippen LogP contribution in [-0.4, -0.2) is 0 Å². The van der Waals surface area contributed by atoms with Crippen LogP contribution in [0.4, 0.5) is 4.39 Å². The highest BCUT2D eigenvalue weighted by Crippen LogP contribution is 2.27. The van der Waals surface area contributed by atoms with E-state index in [-0.39, 0.29) is 5.75 Å². The fraction of sp³-hybridized carbons (Fsp3) is 0.250. The van der Waals surface area contributed by atoms with Crippen molar-refractivity contribution in [2.24, 2.45) is 0 Å². The quantitative estimate of drug-likeness (QED) is 0.673. The first-order valence-electron chi connectivity index (χ1n) is 6.22. The first-order chi connectivity index (χ1) is 9.10. The lowest BCUT2D eigenvalue weighted by atomic mass is 10.0. The summed E-state index contributed by atoms with van der Waals surface area (Å²) in [6.45, 7) is 4.21. The molecule has 1 nitrogen and oxygen atoms in total. The highest BCUT2D eigenvalue weighted by Gasteiger charge is 2.07. The Kier molecular flexibility index (Phi) is 4.43. The van der Waals surface area contributed by atoms with Crippen molar-refractivity contribution in [3.8, 4) is 11.5 Å². The molecular weight excluding hydrogens is 263 g/mol. The van der Waals surface area contributed by atoms with Crippen LogP contribution in [0.5, 0.6) is 11.5 Å². The molecule has 0 aliphatic carbocycles. The Hall–Kier alpha value is -1.54. The van der Waals surface area contributed by atoms with Crippen molar-refractivity contribution in [1.82, 2.24) is 0 Å². The minimum atomic E-state index is -0.395. The van der Waals surface area contributed by atoms with Gasteiger partial charge in [0.1, 0.15) is 5.75 Å². The van der Waals surface area contributed by atoms with Crippen molar-refractivity contribution < 1.29 is 9.13 Å². The lowest BCUT2D eigenvalue weighted by Crippen LogP contribution is -1.92. The summed E-state index contributed by atoms with van der Waals surface area (Å²) in [5.41, 5.74) is 1.90. The molecule has 0 unspecified atom stereocenters. The van der Waals surface area contributed by atoms with Crippen molar-refractivity contribution >= 4 is 11.6 Å². The second-order valence-corrected chi connectivity index (χ2v) is 4.99. The molecule has 0 aliphatic rings. The van der Waals surface area contributed by atoms with Gasteiger partial charge in [0.2, 0.25) is 0 Å². The zero-order chi connectivity index (χ0) is 13.8. The normalized spacial score (nSPS) is 10.8. The summed E-state index contributed by atoms with van der Waals surface area (Å²) < 4.78 is 19.4. The summed E-state index contributed by atoms with van der Waals surface area (Å²) in [5.74, 6) is 1.17. The molecule has 0 radical (unpaired) electrons. The molecular formula is C16H16ClFO. The third-order valence-electron chi connectivity index (χ3n) is 2.90. The van der Waals surface area contributed by atoms with Gasteiger partial charge in [-0.05, 0) is 41.3 Å². The Morgan fingerprint density at radius 3 is 2.58 bits per heavy atom. The molecule has 2 aromatic carbocycles. The molecule has 0 saturated carbocycles. The second kappa shape index (κ2) is 6.07. The van der Waals surface area contributed by atoms with Crippen LogP contribution >= 0.6 is 11.6 Å². The molecule has 0 heterocycles.